The van der Waals surface area contributed by atoms with Gasteiger partial charge in [0.15, 0.2) is 0 Å². The minimum Gasteiger partial charge on any atom is -0.380 e. The lowest BCUT2D eigenvalue weighted by atomic mass is 9.76. The zero-order valence-electron chi connectivity index (χ0n) is 21.1. The van der Waals surface area contributed by atoms with Gasteiger partial charge in [-0.2, -0.15) is 5.10 Å². The van der Waals surface area contributed by atoms with Gasteiger partial charge in [-0.05, 0) is 69.2 Å². The first-order valence-electron chi connectivity index (χ1n) is 12.5. The molecule has 2 N–H and O–H groups in total. The van der Waals surface area contributed by atoms with Crippen LogP contribution in [0.25, 0.3) is 22.3 Å². The molecule has 1 amide bonds. The quantitative estimate of drug-likeness (QED) is 0.583. The van der Waals surface area contributed by atoms with Crippen molar-refractivity contribution in [1.29, 1.82) is 0 Å². The molecule has 0 bridgehead atoms. The number of likely N-dealkylation sites (tertiary alicyclic amines) is 1. The number of aromatic nitrogens is 3. The molecule has 1 aromatic carbocycles. The third kappa shape index (κ3) is 4.27. The Hall–Kier alpha value is -2.64. The van der Waals surface area contributed by atoms with Crippen molar-refractivity contribution in [3.63, 3.8) is 0 Å². The van der Waals surface area contributed by atoms with Crippen LogP contribution in [0.2, 0.25) is 0 Å². The minimum absolute atomic E-state index is 0.104. The lowest BCUT2D eigenvalue weighted by molar-refractivity contribution is -0.124. The van der Waals surface area contributed by atoms with Gasteiger partial charge in [-0.3, -0.25) is 14.8 Å². The van der Waals surface area contributed by atoms with Crippen LogP contribution in [0.5, 0.6) is 0 Å². The highest BCUT2D eigenvalue weighted by atomic mass is 16.5. The number of nitrogens with one attached hydrogen (secondary N) is 2. The van der Waals surface area contributed by atoms with Gasteiger partial charge in [-0.15, -0.1) is 0 Å². The van der Waals surface area contributed by atoms with E-state index in [9.17, 15) is 4.79 Å². The van der Waals surface area contributed by atoms with Crippen molar-refractivity contribution in [3.8, 4) is 11.4 Å². The number of benzene rings is 1. The molecule has 1 saturated heterocycles. The lowest BCUT2D eigenvalue weighted by Crippen LogP contribution is -2.51. The van der Waals surface area contributed by atoms with Crippen LogP contribution >= 0.6 is 0 Å². The van der Waals surface area contributed by atoms with Crippen molar-refractivity contribution in [1.82, 2.24) is 20.1 Å². The number of carbonyl (C=O) groups excluding carboxylic acids is 1. The van der Waals surface area contributed by atoms with Gasteiger partial charge in [-0.25, -0.2) is 0 Å². The van der Waals surface area contributed by atoms with Crippen molar-refractivity contribution in [2.45, 2.75) is 65.0 Å². The van der Waals surface area contributed by atoms with Crippen LogP contribution < -0.4 is 4.90 Å². The van der Waals surface area contributed by atoms with E-state index in [0.717, 1.165) is 66.8 Å². The smallest absolute Gasteiger partial charge is 0.243 e. The van der Waals surface area contributed by atoms with Crippen LogP contribution in [0.15, 0.2) is 24.3 Å². The van der Waals surface area contributed by atoms with Gasteiger partial charge in [-0.1, -0.05) is 19.9 Å². The summed E-state index contributed by atoms with van der Waals surface area (Å²) in [6.07, 6.45) is 5.58. The third-order valence-electron chi connectivity index (χ3n) is 7.89. The molecule has 0 spiro atoms. The monoisotopic (exact) mass is 463 g/mol. The molecule has 0 saturated carbocycles. The average Bonchev–Trinajstić information content (AvgIpc) is 3.44. The van der Waals surface area contributed by atoms with E-state index in [4.69, 9.17) is 4.74 Å². The number of H-pyrrole nitrogens is 2. The molecule has 7 nitrogen and oxygen atoms in total. The summed E-state index contributed by atoms with van der Waals surface area (Å²) in [6, 6.07) is 8.17. The molecule has 7 heteroatoms. The summed E-state index contributed by atoms with van der Waals surface area (Å²) < 4.78 is 5.54. The van der Waals surface area contributed by atoms with Gasteiger partial charge < -0.3 is 14.6 Å². The highest BCUT2D eigenvalue weighted by molar-refractivity contribution is 5.98. The molecule has 5 rings (SSSR count). The Balaban J connectivity index is 1.36. The molecule has 3 aromatic rings. The maximum absolute atomic E-state index is 13.3. The van der Waals surface area contributed by atoms with E-state index >= 15 is 0 Å². The number of hydrogen-bond donors (Lipinski definition) is 2. The number of carbonyl (C=O) groups is 1. The summed E-state index contributed by atoms with van der Waals surface area (Å²) in [5.41, 5.74) is 6.89. The first kappa shape index (κ1) is 23.1. The molecule has 2 aromatic heterocycles. The largest absolute Gasteiger partial charge is 0.380 e. The number of nitrogens with zero attached hydrogens (tertiary/aromatic N) is 3. The lowest BCUT2D eigenvalue weighted by Gasteiger charge is -2.36. The van der Waals surface area contributed by atoms with E-state index in [1.165, 1.54) is 17.7 Å². The first-order valence-corrected chi connectivity index (χ1v) is 12.5. The van der Waals surface area contributed by atoms with E-state index in [1.54, 1.807) is 12.0 Å². The zero-order chi connectivity index (χ0) is 24.0. The third-order valence-corrected chi connectivity index (χ3v) is 7.89. The summed E-state index contributed by atoms with van der Waals surface area (Å²) in [4.78, 5) is 20.9. The van der Waals surface area contributed by atoms with Gasteiger partial charge in [0.25, 0.3) is 0 Å². The van der Waals surface area contributed by atoms with Gasteiger partial charge in [0.1, 0.15) is 5.69 Å². The van der Waals surface area contributed by atoms with Crippen molar-refractivity contribution in [2.24, 2.45) is 5.41 Å². The molecule has 1 fully saturated rings. The summed E-state index contributed by atoms with van der Waals surface area (Å²) in [7, 11) is 3.62. The molecule has 1 aliphatic heterocycles. The van der Waals surface area contributed by atoms with Gasteiger partial charge in [0, 0.05) is 48.5 Å². The second-order valence-corrected chi connectivity index (χ2v) is 10.9. The molecule has 34 heavy (non-hydrogen) atoms. The molecule has 1 aliphatic carbocycles. The maximum atomic E-state index is 13.3. The number of anilines is 1. The van der Waals surface area contributed by atoms with Crippen LogP contribution in [0.1, 0.15) is 51.3 Å². The van der Waals surface area contributed by atoms with E-state index in [1.807, 2.05) is 20.0 Å². The van der Waals surface area contributed by atoms with Gasteiger partial charge in [0.05, 0.1) is 17.8 Å². The Kier molecular flexibility index (Phi) is 6.02. The Labute approximate surface area is 201 Å². The van der Waals surface area contributed by atoms with Gasteiger partial charge >= 0.3 is 0 Å². The number of amides is 1. The van der Waals surface area contributed by atoms with E-state index < -0.39 is 0 Å². The second-order valence-electron chi connectivity index (χ2n) is 10.9. The van der Waals surface area contributed by atoms with Crippen molar-refractivity contribution in [2.75, 3.05) is 32.1 Å². The Morgan fingerprint density at radius 1 is 1.32 bits per heavy atom. The molecule has 1 unspecified atom stereocenters. The number of piperidine rings is 1. The number of hydrogen-bond acceptors (Lipinski definition) is 4. The molecule has 3 heterocycles. The van der Waals surface area contributed by atoms with Crippen LogP contribution in [-0.4, -0.2) is 65.4 Å². The molecule has 2 atom stereocenters. The fraction of sp³-hybridized carbons (Fsp3) is 0.556. The highest BCUT2D eigenvalue weighted by Gasteiger charge is 2.31. The molecule has 2 aliphatic rings. The fourth-order valence-electron chi connectivity index (χ4n) is 5.60. The number of rotatable bonds is 5. The van der Waals surface area contributed by atoms with Crippen LogP contribution in [0.3, 0.4) is 0 Å². The highest BCUT2D eigenvalue weighted by Crippen LogP contribution is 2.38. The SMILES string of the molecule is CO[C@H]1CCCN(C(C)C(=O)N(C)c2ccc3cc(-c4n[nH]c5c4CCC(C)(C)C5)[nH]c3c2)C1. The summed E-state index contributed by atoms with van der Waals surface area (Å²) in [5, 5.41) is 9.07. The van der Waals surface area contributed by atoms with Crippen LogP contribution in [0, 0.1) is 5.41 Å². The normalized spacial score (nSPS) is 21.4. The average molecular weight is 464 g/mol. The van der Waals surface area contributed by atoms with E-state index in [2.05, 4.69) is 52.1 Å². The minimum atomic E-state index is -0.183. The summed E-state index contributed by atoms with van der Waals surface area (Å²) in [6.45, 7) is 8.39. The predicted octanol–water partition coefficient (Wildman–Crippen LogP) is 4.54. The van der Waals surface area contributed by atoms with E-state index in [0.29, 0.717) is 5.41 Å². The van der Waals surface area contributed by atoms with Crippen LogP contribution in [0.4, 0.5) is 5.69 Å². The summed E-state index contributed by atoms with van der Waals surface area (Å²) >= 11 is 0. The first-order chi connectivity index (χ1) is 16.3. The van der Waals surface area contributed by atoms with E-state index in [-0.39, 0.29) is 18.1 Å². The van der Waals surface area contributed by atoms with Crippen LogP contribution in [-0.2, 0) is 22.4 Å². The number of fused-ring (bicyclic) bond motifs is 2. The molecule has 182 valence electrons. The molecular weight excluding hydrogens is 426 g/mol. The number of aromatic amines is 2. The maximum Gasteiger partial charge on any atom is 0.243 e. The Bertz CT molecular complexity index is 1190. The Morgan fingerprint density at radius 3 is 2.94 bits per heavy atom. The topological polar surface area (TPSA) is 77.2 Å². The number of methoxy groups -OCH3 is 1. The number of ether oxygens (including phenoxy) is 1. The standard InChI is InChI=1S/C27H37N5O2/c1-17(32-12-6-7-20(16-32)34-5)26(33)31(4)19-9-8-18-13-23(28-22(18)14-19)25-21-10-11-27(2,3)15-24(21)29-30-25/h8-9,13-14,17,20,28H,6-7,10-12,15-16H2,1-5H3,(H,29,30)/t17?,20-/m0/s1. The summed E-state index contributed by atoms with van der Waals surface area (Å²) in [5.74, 6) is 0.104. The molecule has 0 radical (unpaired) electrons. The second kappa shape index (κ2) is 8.86. The number of likely N-dealkylation sites (N-methyl/N-ethyl adjacent to an activating group) is 1. The molecular formula is C27H37N5O2. The Morgan fingerprint density at radius 2 is 2.15 bits per heavy atom. The van der Waals surface area contributed by atoms with Gasteiger partial charge in [0.2, 0.25) is 5.91 Å². The van der Waals surface area contributed by atoms with Crippen molar-refractivity contribution >= 4 is 22.5 Å². The zero-order valence-corrected chi connectivity index (χ0v) is 21.1. The fourth-order valence-corrected chi connectivity index (χ4v) is 5.60. The predicted molar refractivity (Wildman–Crippen MR) is 136 cm³/mol. The van der Waals surface area contributed by atoms with Crippen molar-refractivity contribution < 1.29 is 9.53 Å². The van der Waals surface area contributed by atoms with Crippen molar-refractivity contribution in [3.05, 3.63) is 35.5 Å².